The van der Waals surface area contributed by atoms with E-state index < -0.39 is 0 Å². The minimum atomic E-state index is 0.257. The van der Waals surface area contributed by atoms with E-state index in [1.807, 2.05) is 19.0 Å². The third-order valence-electron chi connectivity index (χ3n) is 1.01. The predicted molar refractivity (Wildman–Crippen MR) is 40.0 cm³/mol. The molecule has 0 aliphatic heterocycles. The van der Waals surface area contributed by atoms with Crippen molar-refractivity contribution in [1.82, 2.24) is 4.90 Å². The van der Waals surface area contributed by atoms with Gasteiger partial charge in [0, 0.05) is 6.54 Å². The van der Waals surface area contributed by atoms with Crippen LogP contribution < -0.4 is 0 Å². The van der Waals surface area contributed by atoms with E-state index in [-0.39, 0.29) is 6.54 Å². The molecule has 0 aliphatic rings. The summed E-state index contributed by atoms with van der Waals surface area (Å²) in [4.78, 5) is 11.6. The summed E-state index contributed by atoms with van der Waals surface area (Å²) >= 11 is 0. The summed E-state index contributed by atoms with van der Waals surface area (Å²) < 4.78 is 5.05. The van der Waals surface area contributed by atoms with E-state index in [9.17, 15) is 4.91 Å². The minimum Gasteiger partial charge on any atom is -0.378 e. The van der Waals surface area contributed by atoms with Crippen molar-refractivity contribution in [2.75, 3.05) is 40.4 Å². The topological polar surface area (TPSA) is 41.9 Å². The fraction of sp³-hybridized carbons (Fsp3) is 1.00. The van der Waals surface area contributed by atoms with E-state index in [1.165, 1.54) is 0 Å². The lowest BCUT2D eigenvalue weighted by Crippen LogP contribution is -2.18. The molecule has 4 nitrogen and oxygen atoms in total. The molecule has 0 atom stereocenters. The Hall–Kier alpha value is -0.480. The Kier molecular flexibility index (Phi) is 6.32. The minimum absolute atomic E-state index is 0.257. The summed E-state index contributed by atoms with van der Waals surface area (Å²) in [7, 11) is 3.95. The van der Waals surface area contributed by atoms with Crippen LogP contribution in [-0.4, -0.2) is 45.3 Å². The molecular weight excluding hydrogens is 132 g/mol. The summed E-state index contributed by atoms with van der Waals surface area (Å²) in [5.41, 5.74) is 0. The van der Waals surface area contributed by atoms with Gasteiger partial charge in [-0.2, -0.15) is 4.91 Å². The molecule has 0 aromatic carbocycles. The van der Waals surface area contributed by atoms with Crippen molar-refractivity contribution >= 4 is 0 Å². The highest BCUT2D eigenvalue weighted by molar-refractivity contribution is 4.41. The van der Waals surface area contributed by atoms with E-state index in [2.05, 4.69) is 5.18 Å². The summed E-state index contributed by atoms with van der Waals surface area (Å²) in [6.07, 6.45) is 0. The number of hydrogen-bond donors (Lipinski definition) is 0. The van der Waals surface area contributed by atoms with Crippen molar-refractivity contribution in [1.29, 1.82) is 0 Å². The summed E-state index contributed by atoms with van der Waals surface area (Å²) in [6, 6.07) is 0. The number of ether oxygens (including phenoxy) is 1. The molecule has 0 radical (unpaired) electrons. The highest BCUT2D eigenvalue weighted by atomic mass is 16.5. The van der Waals surface area contributed by atoms with Crippen LogP contribution >= 0.6 is 0 Å². The van der Waals surface area contributed by atoms with Crippen molar-refractivity contribution in [3.63, 3.8) is 0 Å². The molecule has 0 bridgehead atoms. The molecule has 0 aliphatic carbocycles. The van der Waals surface area contributed by atoms with Gasteiger partial charge in [0.1, 0.15) is 6.54 Å². The quantitative estimate of drug-likeness (QED) is 0.400. The zero-order valence-corrected chi connectivity index (χ0v) is 6.54. The van der Waals surface area contributed by atoms with Gasteiger partial charge in [-0.3, -0.25) is 0 Å². The molecule has 0 saturated carbocycles. The second-order valence-electron chi connectivity index (χ2n) is 2.27. The highest BCUT2D eigenvalue weighted by Crippen LogP contribution is 1.78. The van der Waals surface area contributed by atoms with E-state index in [0.29, 0.717) is 13.2 Å². The fourth-order valence-corrected chi connectivity index (χ4v) is 0.451. The standard InChI is InChI=1S/C6H14N2O2/c1-8(2)4-6-10-5-3-7-9/h3-6H2,1-2H3. The van der Waals surface area contributed by atoms with Gasteiger partial charge in [0.2, 0.25) is 0 Å². The van der Waals surface area contributed by atoms with Crippen molar-refractivity contribution in [2.45, 2.75) is 0 Å². The van der Waals surface area contributed by atoms with Gasteiger partial charge in [0.05, 0.1) is 13.2 Å². The maximum absolute atomic E-state index is 9.56. The smallest absolute Gasteiger partial charge is 0.104 e. The van der Waals surface area contributed by atoms with Crippen LogP contribution in [0.4, 0.5) is 0 Å². The second-order valence-corrected chi connectivity index (χ2v) is 2.27. The Bertz CT molecular complexity index is 85.8. The van der Waals surface area contributed by atoms with Crippen LogP contribution in [0.3, 0.4) is 0 Å². The number of rotatable bonds is 6. The van der Waals surface area contributed by atoms with Crippen molar-refractivity contribution in [3.05, 3.63) is 4.91 Å². The molecule has 0 fully saturated rings. The molecular formula is C6H14N2O2. The van der Waals surface area contributed by atoms with Crippen LogP contribution in [0.15, 0.2) is 5.18 Å². The third kappa shape index (κ3) is 7.52. The molecule has 0 spiro atoms. The van der Waals surface area contributed by atoms with E-state index in [1.54, 1.807) is 0 Å². The number of likely N-dealkylation sites (N-methyl/N-ethyl adjacent to an activating group) is 1. The number of hydrogen-bond acceptors (Lipinski definition) is 4. The van der Waals surface area contributed by atoms with Crippen LogP contribution in [-0.2, 0) is 4.74 Å². The Labute approximate surface area is 61.1 Å². The van der Waals surface area contributed by atoms with Gasteiger partial charge >= 0.3 is 0 Å². The normalized spacial score (nSPS) is 10.3. The molecule has 10 heavy (non-hydrogen) atoms. The molecule has 60 valence electrons. The van der Waals surface area contributed by atoms with Gasteiger partial charge in [0.15, 0.2) is 0 Å². The first-order valence-corrected chi connectivity index (χ1v) is 3.29. The molecule has 0 heterocycles. The highest BCUT2D eigenvalue weighted by Gasteiger charge is 1.89. The first-order valence-electron chi connectivity index (χ1n) is 3.29. The number of nitroso groups, excluding NO2 is 1. The maximum Gasteiger partial charge on any atom is 0.104 e. The average molecular weight is 146 g/mol. The lowest BCUT2D eigenvalue weighted by Gasteiger charge is -2.08. The number of nitrogens with zero attached hydrogens (tertiary/aromatic N) is 2. The van der Waals surface area contributed by atoms with Gasteiger partial charge in [-0.1, -0.05) is 5.18 Å². The van der Waals surface area contributed by atoms with Gasteiger partial charge in [-0.25, -0.2) is 0 Å². The largest absolute Gasteiger partial charge is 0.378 e. The summed E-state index contributed by atoms with van der Waals surface area (Å²) in [5, 5.41) is 2.66. The SMILES string of the molecule is CN(C)CCOCCN=O. The van der Waals surface area contributed by atoms with Gasteiger partial charge in [0.25, 0.3) is 0 Å². The van der Waals surface area contributed by atoms with Crippen molar-refractivity contribution in [3.8, 4) is 0 Å². The summed E-state index contributed by atoms with van der Waals surface area (Å²) in [5.74, 6) is 0. The van der Waals surface area contributed by atoms with Gasteiger partial charge < -0.3 is 9.64 Å². The molecule has 0 unspecified atom stereocenters. The van der Waals surface area contributed by atoms with Crippen LogP contribution in [0.5, 0.6) is 0 Å². The van der Waals surface area contributed by atoms with E-state index >= 15 is 0 Å². The van der Waals surface area contributed by atoms with Crippen molar-refractivity contribution in [2.24, 2.45) is 5.18 Å². The van der Waals surface area contributed by atoms with Crippen LogP contribution in [0.2, 0.25) is 0 Å². The van der Waals surface area contributed by atoms with Gasteiger partial charge in [-0.05, 0) is 14.1 Å². The van der Waals surface area contributed by atoms with Crippen LogP contribution in [0.1, 0.15) is 0 Å². The van der Waals surface area contributed by atoms with E-state index in [0.717, 1.165) is 6.54 Å². The summed E-state index contributed by atoms with van der Waals surface area (Å²) in [6.45, 7) is 2.26. The zero-order chi connectivity index (χ0) is 7.82. The Balaban J connectivity index is 2.83. The Morgan fingerprint density at radius 1 is 1.40 bits per heavy atom. The van der Waals surface area contributed by atoms with E-state index in [4.69, 9.17) is 4.74 Å². The molecule has 0 rings (SSSR count). The second kappa shape index (κ2) is 6.64. The first kappa shape index (κ1) is 9.52. The Morgan fingerprint density at radius 3 is 2.60 bits per heavy atom. The first-order chi connectivity index (χ1) is 4.77. The average Bonchev–Trinajstić information content (AvgIpc) is 1.87. The molecule has 0 amide bonds. The fourth-order valence-electron chi connectivity index (χ4n) is 0.451. The monoisotopic (exact) mass is 146 g/mol. The molecule has 4 heteroatoms. The zero-order valence-electron chi connectivity index (χ0n) is 6.54. The molecule has 0 saturated heterocycles. The lowest BCUT2D eigenvalue weighted by molar-refractivity contribution is 0.124. The lowest BCUT2D eigenvalue weighted by atomic mass is 10.6. The maximum atomic E-state index is 9.56. The molecule has 0 aromatic rings. The van der Waals surface area contributed by atoms with Crippen LogP contribution in [0, 0.1) is 4.91 Å². The van der Waals surface area contributed by atoms with Crippen LogP contribution in [0.25, 0.3) is 0 Å². The predicted octanol–water partition coefficient (Wildman–Crippen LogP) is 0.331. The molecule has 0 aromatic heterocycles. The van der Waals surface area contributed by atoms with Gasteiger partial charge in [-0.15, -0.1) is 0 Å². The Morgan fingerprint density at radius 2 is 2.10 bits per heavy atom. The molecule has 0 N–H and O–H groups in total. The van der Waals surface area contributed by atoms with Crippen molar-refractivity contribution < 1.29 is 4.74 Å². The third-order valence-corrected chi connectivity index (χ3v) is 1.01.